The first kappa shape index (κ1) is 23.7. The molecule has 4 aromatic heterocycles. The predicted octanol–water partition coefficient (Wildman–Crippen LogP) is 2.35. The molecule has 1 saturated heterocycles. The molecule has 0 bridgehead atoms. The van der Waals surface area contributed by atoms with E-state index in [0.717, 1.165) is 0 Å². The van der Waals surface area contributed by atoms with Gasteiger partial charge in [-0.1, -0.05) is 6.92 Å². The number of nitrogens with one attached hydrogen (secondary N) is 2. The van der Waals surface area contributed by atoms with Crippen LogP contribution in [0.1, 0.15) is 44.1 Å². The Kier molecular flexibility index (Phi) is 5.18. The van der Waals surface area contributed by atoms with Gasteiger partial charge in [0.15, 0.2) is 11.5 Å². The van der Waals surface area contributed by atoms with E-state index in [1.165, 1.54) is 33.5 Å². The number of imidazole rings is 1. The van der Waals surface area contributed by atoms with Crippen molar-refractivity contribution in [2.75, 3.05) is 30.4 Å². The zero-order chi connectivity index (χ0) is 34.6. The molecule has 3 aliphatic rings. The van der Waals surface area contributed by atoms with Crippen molar-refractivity contribution in [1.82, 2.24) is 34.2 Å². The predicted molar refractivity (Wildman–Crippen MR) is 156 cm³/mol. The Morgan fingerprint density at radius 3 is 2.66 bits per heavy atom. The number of aromatic nitrogens is 6. The van der Waals surface area contributed by atoms with Crippen molar-refractivity contribution >= 4 is 51.5 Å². The molecule has 2 aliphatic carbocycles. The highest BCUT2D eigenvalue weighted by Gasteiger charge is 2.60. The number of methoxy groups -OCH3 is 1. The van der Waals surface area contributed by atoms with Crippen LogP contribution in [0.2, 0.25) is 0 Å². The maximum absolute atomic E-state index is 13.8. The van der Waals surface area contributed by atoms with Gasteiger partial charge in [-0.3, -0.25) is 13.9 Å². The van der Waals surface area contributed by atoms with Crippen LogP contribution >= 0.6 is 0 Å². The molecule has 4 unspecified atom stereocenters. The third kappa shape index (κ3) is 4.25. The highest BCUT2D eigenvalue weighted by molar-refractivity contribution is 5.94. The fourth-order valence-electron chi connectivity index (χ4n) is 6.40. The number of nitrogens with two attached hydrogens (primary N) is 1. The Balaban J connectivity index is 1.28. The van der Waals surface area contributed by atoms with Gasteiger partial charge in [-0.2, -0.15) is 5.10 Å². The second-order valence-corrected chi connectivity index (χ2v) is 11.7. The number of hydrogen-bond acceptors (Lipinski definition) is 9. The highest BCUT2D eigenvalue weighted by atomic mass is 19.3. The van der Waals surface area contributed by atoms with E-state index in [4.69, 9.17) is 11.2 Å². The van der Waals surface area contributed by atoms with Gasteiger partial charge in [0.1, 0.15) is 17.2 Å². The van der Waals surface area contributed by atoms with Crippen molar-refractivity contribution in [3.8, 4) is 0 Å². The molecule has 2 amide bonds. The van der Waals surface area contributed by atoms with Crippen LogP contribution in [-0.4, -0.2) is 73.0 Å². The molecule has 16 heteroatoms. The number of primary amides is 1. The molecule has 0 radical (unpaired) electrons. The van der Waals surface area contributed by atoms with Gasteiger partial charge in [0.25, 0.3) is 5.92 Å². The third-order valence-electron chi connectivity index (χ3n) is 8.84. The summed E-state index contributed by atoms with van der Waals surface area (Å²) in [4.78, 5) is 48.5. The van der Waals surface area contributed by atoms with Crippen molar-refractivity contribution < 1.29 is 28.6 Å². The van der Waals surface area contributed by atoms with Crippen molar-refractivity contribution in [3.63, 3.8) is 0 Å². The Morgan fingerprint density at radius 2 is 2.00 bits per heavy atom. The molecular formula is C28H32F2N10O4. The second-order valence-electron chi connectivity index (χ2n) is 11.7. The summed E-state index contributed by atoms with van der Waals surface area (Å²) in [6, 6.07) is 2.65. The fraction of sp³-hybridized carbons (Fsp3) is 0.500. The molecule has 232 valence electrons. The lowest BCUT2D eigenvalue weighted by molar-refractivity contribution is -0.123. The number of nitrogens with zero attached hydrogens (tertiary/aromatic N) is 7. The number of ether oxygens (including phenoxy) is 1. The first-order valence-corrected chi connectivity index (χ1v) is 14.1. The molecule has 14 nitrogen and oxygen atoms in total. The van der Waals surface area contributed by atoms with Gasteiger partial charge in [-0.25, -0.2) is 33.0 Å². The maximum Gasteiger partial charge on any atom is 0.407 e. The van der Waals surface area contributed by atoms with Crippen LogP contribution in [0.3, 0.4) is 0 Å². The number of hydrogen-bond donors (Lipinski definition) is 3. The van der Waals surface area contributed by atoms with E-state index >= 15 is 0 Å². The monoisotopic (exact) mass is 614 g/mol. The molecule has 3 fully saturated rings. The zero-order valence-corrected chi connectivity index (χ0v) is 23.8. The van der Waals surface area contributed by atoms with Crippen LogP contribution in [-0.2, 0) is 22.0 Å². The standard InChI is InChI=1S/C28H32F2N10O4/c1-14-10-28(14,24(31)41)40-22-17(23(36-40)38-12-27(29,30)13-38)6-7-20(35-22)34-21-9-18-19(11-32-21)37(2)26(43)39(18)16-5-4-15(8-16)33-25(42)44-3/h6-7,9,11,14-16H,4-5,8,10,12-13H2,1-3H3,(H2,31,41)(H,33,42)(H,32,34,35)/i2D3,15D. The summed E-state index contributed by atoms with van der Waals surface area (Å²) in [5.74, 6) is -2.96. The fourth-order valence-corrected chi connectivity index (χ4v) is 6.40. The maximum atomic E-state index is 13.8. The van der Waals surface area contributed by atoms with Crippen LogP contribution in [0.4, 0.5) is 31.0 Å². The van der Waals surface area contributed by atoms with Crippen LogP contribution in [0.5, 0.6) is 0 Å². The first-order chi connectivity index (χ1) is 22.5. The van der Waals surface area contributed by atoms with Crippen LogP contribution in [0.25, 0.3) is 22.1 Å². The lowest BCUT2D eigenvalue weighted by Crippen LogP contribution is -2.56. The number of anilines is 3. The molecule has 1 aliphatic heterocycles. The summed E-state index contributed by atoms with van der Waals surface area (Å²) < 4.78 is 68.3. The number of carbonyl (C=O) groups excluding carboxylic acids is 2. The number of carbonyl (C=O) groups is 2. The Morgan fingerprint density at radius 1 is 1.23 bits per heavy atom. The van der Waals surface area contributed by atoms with E-state index in [-0.39, 0.29) is 52.9 Å². The van der Waals surface area contributed by atoms with E-state index < -0.39 is 61.3 Å². The topological polar surface area (TPSA) is 167 Å². The quantitative estimate of drug-likeness (QED) is 0.283. The Labute approximate surface area is 254 Å². The Bertz CT molecular complexity index is 2060. The number of fused-ring (bicyclic) bond motifs is 2. The average Bonchev–Trinajstić information content (AvgIpc) is 3.23. The van der Waals surface area contributed by atoms with Gasteiger partial charge in [-0.15, -0.1) is 0 Å². The normalized spacial score (nSPS) is 29.0. The van der Waals surface area contributed by atoms with E-state index in [2.05, 4.69) is 30.4 Å². The summed E-state index contributed by atoms with van der Waals surface area (Å²) in [6.07, 6.45) is 1.36. The lowest BCUT2D eigenvalue weighted by Gasteiger charge is -2.39. The molecule has 0 spiro atoms. The van der Waals surface area contributed by atoms with Gasteiger partial charge < -0.3 is 26.0 Å². The molecule has 2 saturated carbocycles. The third-order valence-corrected chi connectivity index (χ3v) is 8.84. The summed E-state index contributed by atoms with van der Waals surface area (Å²) in [6.45, 7) is -2.05. The highest BCUT2D eigenvalue weighted by Crippen LogP contribution is 2.51. The lowest BCUT2D eigenvalue weighted by atomic mass is 10.1. The van der Waals surface area contributed by atoms with Crippen LogP contribution in [0, 0.1) is 5.92 Å². The van der Waals surface area contributed by atoms with E-state index in [0.29, 0.717) is 22.8 Å². The Hall–Kier alpha value is -4.76. The number of alkyl carbamates (subject to hydrolysis) is 1. The number of amides is 2. The van der Waals surface area contributed by atoms with Crippen molar-refractivity contribution in [3.05, 3.63) is 34.9 Å². The molecule has 7 rings (SSSR count). The molecule has 5 heterocycles. The van der Waals surface area contributed by atoms with Gasteiger partial charge in [-0.05, 0) is 43.7 Å². The molecule has 4 N–H and O–H groups in total. The summed E-state index contributed by atoms with van der Waals surface area (Å²) in [5, 5.41) is 10.5. The summed E-state index contributed by atoms with van der Waals surface area (Å²) in [5.41, 5.74) is 4.32. The average molecular weight is 615 g/mol. The smallest absolute Gasteiger partial charge is 0.407 e. The van der Waals surface area contributed by atoms with Crippen molar-refractivity contribution in [2.45, 2.75) is 56.1 Å². The minimum absolute atomic E-state index is 0.0146. The second kappa shape index (κ2) is 9.62. The van der Waals surface area contributed by atoms with Gasteiger partial charge in [0, 0.05) is 29.2 Å². The van der Waals surface area contributed by atoms with Gasteiger partial charge in [0.05, 0.1) is 44.2 Å². The number of pyridine rings is 2. The largest absolute Gasteiger partial charge is 0.453 e. The number of aryl methyl sites for hydroxylation is 1. The molecule has 4 aromatic rings. The van der Waals surface area contributed by atoms with Crippen molar-refractivity contribution in [1.29, 1.82) is 0 Å². The SMILES string of the molecule is [2H]C1(NC(=O)OC)CCC(n2c(=O)n(C([2H])([2H])[2H])c3cnc(Nc4ccc5c(N6CC(F)(F)C6)nn(C6(C(N)=O)CC6C)c5n4)cc32)C1. The molecule has 0 aromatic carbocycles. The van der Waals surface area contributed by atoms with E-state index in [1.807, 2.05) is 6.92 Å². The number of rotatable bonds is 7. The number of alkyl halides is 2. The summed E-state index contributed by atoms with van der Waals surface area (Å²) >= 11 is 0. The van der Waals surface area contributed by atoms with Gasteiger partial charge >= 0.3 is 11.8 Å². The minimum atomic E-state index is -2.86. The minimum Gasteiger partial charge on any atom is -0.453 e. The zero-order valence-electron chi connectivity index (χ0n) is 27.8. The first-order valence-electron chi connectivity index (χ1n) is 16.1. The van der Waals surface area contributed by atoms with Crippen LogP contribution in [0.15, 0.2) is 29.2 Å². The number of halogens is 2. The molecule has 44 heavy (non-hydrogen) atoms. The van der Waals surface area contributed by atoms with Crippen LogP contribution < -0.4 is 27.0 Å². The summed E-state index contributed by atoms with van der Waals surface area (Å²) in [7, 11) is 1.18. The molecular weight excluding hydrogens is 578 g/mol. The van der Waals surface area contributed by atoms with E-state index in [9.17, 15) is 23.2 Å². The molecule has 4 atom stereocenters. The van der Waals surface area contributed by atoms with Gasteiger partial charge in [0.2, 0.25) is 5.91 Å². The van der Waals surface area contributed by atoms with E-state index in [1.54, 1.807) is 12.1 Å². The van der Waals surface area contributed by atoms with Crippen molar-refractivity contribution in [2.24, 2.45) is 18.6 Å².